The molecular formula is C15H18F3NO3. The van der Waals surface area contributed by atoms with Crippen molar-refractivity contribution in [3.8, 4) is 5.75 Å². The number of amides is 1. The second-order valence-electron chi connectivity index (χ2n) is 5.36. The predicted octanol–water partition coefficient (Wildman–Crippen LogP) is 3.33. The molecule has 1 N–H and O–H groups in total. The summed E-state index contributed by atoms with van der Waals surface area (Å²) in [7, 11) is 1.49. The number of alkyl halides is 3. The van der Waals surface area contributed by atoms with Crippen LogP contribution in [0.5, 0.6) is 5.75 Å². The van der Waals surface area contributed by atoms with E-state index in [9.17, 15) is 18.0 Å². The molecular weight excluding hydrogens is 299 g/mol. The summed E-state index contributed by atoms with van der Waals surface area (Å²) in [6.45, 7) is 2.41. The smallest absolute Gasteiger partial charge is 0.416 e. The highest BCUT2D eigenvalue weighted by Gasteiger charge is 2.39. The summed E-state index contributed by atoms with van der Waals surface area (Å²) in [5, 5.41) is 2.54. The normalized spacial score (nSPS) is 20.6. The Bertz CT molecular complexity index is 545. The summed E-state index contributed by atoms with van der Waals surface area (Å²) < 4.78 is 48.6. The third-order valence-corrected chi connectivity index (χ3v) is 3.56. The quantitative estimate of drug-likeness (QED) is 0.819. The van der Waals surface area contributed by atoms with Gasteiger partial charge in [-0.25, -0.2) is 0 Å². The number of anilines is 1. The van der Waals surface area contributed by atoms with Gasteiger partial charge < -0.3 is 14.8 Å². The van der Waals surface area contributed by atoms with Crippen molar-refractivity contribution in [2.75, 3.05) is 25.6 Å². The molecule has 0 heterocycles. The van der Waals surface area contributed by atoms with Gasteiger partial charge in [-0.3, -0.25) is 4.79 Å². The molecule has 1 amide bonds. The first-order chi connectivity index (χ1) is 10.3. The molecule has 2 unspecified atom stereocenters. The molecule has 0 radical (unpaired) electrons. The minimum absolute atomic E-state index is 0.0371. The largest absolute Gasteiger partial charge is 0.489 e. The molecule has 0 aromatic heterocycles. The monoisotopic (exact) mass is 317 g/mol. The van der Waals surface area contributed by atoms with Gasteiger partial charge in [0.1, 0.15) is 12.4 Å². The van der Waals surface area contributed by atoms with Crippen molar-refractivity contribution in [2.24, 2.45) is 11.8 Å². The van der Waals surface area contributed by atoms with Crippen LogP contribution >= 0.6 is 0 Å². The van der Waals surface area contributed by atoms with Crippen LogP contribution in [0.25, 0.3) is 0 Å². The molecule has 0 saturated heterocycles. The zero-order chi connectivity index (χ0) is 16.3. The second kappa shape index (κ2) is 6.56. The Morgan fingerprint density at radius 2 is 2.05 bits per heavy atom. The number of hydrogen-bond donors (Lipinski definition) is 1. The highest BCUT2D eigenvalue weighted by atomic mass is 19.4. The lowest BCUT2D eigenvalue weighted by atomic mass is 10.1. The number of benzene rings is 1. The van der Waals surface area contributed by atoms with Crippen LogP contribution in [0.1, 0.15) is 18.9 Å². The molecule has 1 aliphatic rings. The Labute approximate surface area is 126 Å². The molecule has 1 aliphatic carbocycles. The fourth-order valence-electron chi connectivity index (χ4n) is 2.08. The number of halogens is 3. The Morgan fingerprint density at radius 3 is 2.59 bits per heavy atom. The molecule has 1 fully saturated rings. The van der Waals surface area contributed by atoms with Crippen LogP contribution in [0.15, 0.2) is 18.2 Å². The first kappa shape index (κ1) is 16.6. The Balaban J connectivity index is 2.18. The minimum Gasteiger partial charge on any atom is -0.489 e. The number of carbonyl (C=O) groups excluding carboxylic acids is 1. The zero-order valence-corrected chi connectivity index (χ0v) is 12.4. The first-order valence-electron chi connectivity index (χ1n) is 6.96. The van der Waals surface area contributed by atoms with Crippen LogP contribution in [-0.4, -0.2) is 26.2 Å². The fourth-order valence-corrected chi connectivity index (χ4v) is 2.08. The van der Waals surface area contributed by atoms with Crippen molar-refractivity contribution in [1.82, 2.24) is 0 Å². The van der Waals surface area contributed by atoms with Crippen LogP contribution in [0.4, 0.5) is 18.9 Å². The lowest BCUT2D eigenvalue weighted by Crippen LogP contribution is -2.17. The molecule has 122 valence electrons. The molecule has 2 rings (SSSR count). The highest BCUT2D eigenvalue weighted by molar-refractivity contribution is 5.95. The highest BCUT2D eigenvalue weighted by Crippen LogP contribution is 2.40. The van der Waals surface area contributed by atoms with Gasteiger partial charge in [0.15, 0.2) is 0 Å². The maximum atomic E-state index is 12.8. The number of methoxy groups -OCH3 is 1. The van der Waals surface area contributed by atoms with Gasteiger partial charge in [0.05, 0.1) is 17.9 Å². The van der Waals surface area contributed by atoms with Crippen molar-refractivity contribution < 1.29 is 27.4 Å². The number of ether oxygens (including phenoxy) is 2. The topological polar surface area (TPSA) is 47.6 Å². The van der Waals surface area contributed by atoms with E-state index in [0.717, 1.165) is 18.6 Å². The van der Waals surface area contributed by atoms with Gasteiger partial charge in [-0.15, -0.1) is 0 Å². The van der Waals surface area contributed by atoms with E-state index < -0.39 is 11.7 Å². The number of carbonyl (C=O) groups is 1. The second-order valence-corrected chi connectivity index (χ2v) is 5.36. The van der Waals surface area contributed by atoms with E-state index in [4.69, 9.17) is 9.47 Å². The maximum Gasteiger partial charge on any atom is 0.416 e. The standard InChI is InChI=1S/C15H18F3NO3/c1-9-7-11(9)14(20)19-12-8-10(15(16,17)18)3-4-13(12)22-6-5-21-2/h3-4,8-9,11H,5-7H2,1-2H3,(H,19,20). The van der Waals surface area contributed by atoms with Gasteiger partial charge in [-0.2, -0.15) is 13.2 Å². The predicted molar refractivity (Wildman–Crippen MR) is 74.7 cm³/mol. The van der Waals surface area contributed by atoms with Crippen molar-refractivity contribution in [1.29, 1.82) is 0 Å². The molecule has 0 bridgehead atoms. The van der Waals surface area contributed by atoms with Crippen molar-refractivity contribution in [2.45, 2.75) is 19.5 Å². The molecule has 1 saturated carbocycles. The molecule has 22 heavy (non-hydrogen) atoms. The van der Waals surface area contributed by atoms with Crippen LogP contribution in [0.3, 0.4) is 0 Å². The average Bonchev–Trinajstić information content (AvgIpc) is 3.16. The molecule has 0 spiro atoms. The lowest BCUT2D eigenvalue weighted by molar-refractivity contribution is -0.137. The molecule has 7 heteroatoms. The van der Waals surface area contributed by atoms with Crippen LogP contribution in [-0.2, 0) is 15.7 Å². The number of rotatable bonds is 6. The molecule has 4 nitrogen and oxygen atoms in total. The summed E-state index contributed by atoms with van der Waals surface area (Å²) in [5.41, 5.74) is -0.791. The lowest BCUT2D eigenvalue weighted by Gasteiger charge is -2.15. The Kier molecular flexibility index (Phi) is 4.95. The molecule has 2 atom stereocenters. The SMILES string of the molecule is COCCOc1ccc(C(F)(F)F)cc1NC(=O)C1CC1C. The summed E-state index contributed by atoms with van der Waals surface area (Å²) in [4.78, 5) is 12.0. The van der Waals surface area contributed by atoms with Crippen LogP contribution in [0, 0.1) is 11.8 Å². The zero-order valence-electron chi connectivity index (χ0n) is 12.4. The molecule has 1 aromatic carbocycles. The minimum atomic E-state index is -4.47. The van der Waals surface area contributed by atoms with Gasteiger partial charge in [-0.1, -0.05) is 6.92 Å². The van der Waals surface area contributed by atoms with Gasteiger partial charge in [-0.05, 0) is 30.5 Å². The van der Waals surface area contributed by atoms with Crippen molar-refractivity contribution in [3.63, 3.8) is 0 Å². The van der Waals surface area contributed by atoms with Gasteiger partial charge in [0.25, 0.3) is 0 Å². The van der Waals surface area contributed by atoms with E-state index in [2.05, 4.69) is 5.32 Å². The van der Waals surface area contributed by atoms with E-state index in [1.807, 2.05) is 6.92 Å². The summed E-state index contributed by atoms with van der Waals surface area (Å²) in [6, 6.07) is 3.04. The third-order valence-electron chi connectivity index (χ3n) is 3.56. The number of hydrogen-bond acceptors (Lipinski definition) is 3. The molecule has 1 aromatic rings. The van der Waals surface area contributed by atoms with Crippen LogP contribution < -0.4 is 10.1 Å². The maximum absolute atomic E-state index is 12.8. The van der Waals surface area contributed by atoms with Crippen LogP contribution in [0.2, 0.25) is 0 Å². The van der Waals surface area contributed by atoms with Gasteiger partial charge in [0, 0.05) is 13.0 Å². The van der Waals surface area contributed by atoms with Gasteiger partial charge >= 0.3 is 6.18 Å². The van der Waals surface area contributed by atoms with E-state index in [1.165, 1.54) is 13.2 Å². The van der Waals surface area contributed by atoms with Gasteiger partial charge in [0.2, 0.25) is 5.91 Å². The Morgan fingerprint density at radius 1 is 1.36 bits per heavy atom. The third kappa shape index (κ3) is 4.13. The van der Waals surface area contributed by atoms with E-state index in [0.29, 0.717) is 6.61 Å². The summed E-state index contributed by atoms with van der Waals surface area (Å²) in [5.74, 6) is 0.0557. The number of nitrogens with one attached hydrogen (secondary N) is 1. The average molecular weight is 317 g/mol. The van der Waals surface area contributed by atoms with E-state index in [1.54, 1.807) is 0 Å². The first-order valence-corrected chi connectivity index (χ1v) is 6.96. The van der Waals surface area contributed by atoms with E-state index in [-0.39, 0.29) is 35.8 Å². The Hall–Kier alpha value is -1.76. The summed E-state index contributed by atoms with van der Waals surface area (Å²) >= 11 is 0. The fraction of sp³-hybridized carbons (Fsp3) is 0.533. The summed E-state index contributed by atoms with van der Waals surface area (Å²) in [6.07, 6.45) is -3.72. The van der Waals surface area contributed by atoms with Crippen molar-refractivity contribution in [3.05, 3.63) is 23.8 Å². The van der Waals surface area contributed by atoms with E-state index >= 15 is 0 Å². The van der Waals surface area contributed by atoms with Crippen molar-refractivity contribution >= 4 is 11.6 Å². The molecule has 0 aliphatic heterocycles.